The maximum atomic E-state index is 5.12. The first-order chi connectivity index (χ1) is 9.20. The normalized spacial score (nSPS) is 10.7. The maximum Gasteiger partial charge on any atom is 0.0952 e. The van der Waals surface area contributed by atoms with Gasteiger partial charge in [0.2, 0.25) is 0 Å². The molecule has 19 heavy (non-hydrogen) atoms. The quantitative estimate of drug-likeness (QED) is 0.866. The van der Waals surface area contributed by atoms with Crippen LogP contribution in [0.1, 0.15) is 23.7 Å². The molecule has 0 atom stereocenters. The van der Waals surface area contributed by atoms with Gasteiger partial charge in [0.25, 0.3) is 0 Å². The van der Waals surface area contributed by atoms with E-state index in [4.69, 9.17) is 4.42 Å². The Morgan fingerprint density at radius 3 is 2.95 bits per heavy atom. The molecule has 1 N–H and O–H groups in total. The van der Waals surface area contributed by atoms with Crippen LogP contribution in [0.15, 0.2) is 35.3 Å². The Bertz CT molecular complexity index is 508. The van der Waals surface area contributed by atoms with E-state index in [1.54, 1.807) is 12.5 Å². The number of pyridine rings is 1. The molecule has 0 saturated heterocycles. The number of aromatic nitrogens is 1. The van der Waals surface area contributed by atoms with Gasteiger partial charge in [-0.1, -0.05) is 6.92 Å². The zero-order valence-electron chi connectivity index (χ0n) is 11.8. The summed E-state index contributed by atoms with van der Waals surface area (Å²) in [4.78, 5) is 6.62. The predicted octanol–water partition coefficient (Wildman–Crippen LogP) is 2.73. The second-order valence-electron chi connectivity index (χ2n) is 4.72. The molecule has 0 aliphatic carbocycles. The van der Waals surface area contributed by atoms with E-state index in [1.807, 2.05) is 19.2 Å². The van der Waals surface area contributed by atoms with Crippen LogP contribution in [0.5, 0.6) is 0 Å². The number of furan rings is 1. The second kappa shape index (κ2) is 6.38. The molecule has 0 radical (unpaired) electrons. The van der Waals surface area contributed by atoms with E-state index < -0.39 is 0 Å². The monoisotopic (exact) mass is 259 g/mol. The van der Waals surface area contributed by atoms with E-state index in [2.05, 4.69) is 35.2 Å². The van der Waals surface area contributed by atoms with E-state index in [-0.39, 0.29) is 0 Å². The standard InChI is InChI=1S/C15H21N3O/c1-4-16-8-14-9-17-12(2)7-15(14)18(3)10-13-5-6-19-11-13/h5-7,9,11,16H,4,8,10H2,1-3H3. The van der Waals surface area contributed by atoms with E-state index in [0.717, 1.165) is 25.3 Å². The van der Waals surface area contributed by atoms with Gasteiger partial charge in [-0.3, -0.25) is 4.98 Å². The summed E-state index contributed by atoms with van der Waals surface area (Å²) in [7, 11) is 2.09. The molecule has 0 bridgehead atoms. The van der Waals surface area contributed by atoms with Crippen LogP contribution in [0, 0.1) is 6.92 Å². The smallest absolute Gasteiger partial charge is 0.0952 e. The molecule has 0 amide bonds. The molecule has 2 heterocycles. The van der Waals surface area contributed by atoms with Crippen molar-refractivity contribution in [2.24, 2.45) is 0 Å². The minimum Gasteiger partial charge on any atom is -0.472 e. The summed E-state index contributed by atoms with van der Waals surface area (Å²) in [6, 6.07) is 4.13. The number of anilines is 1. The number of aryl methyl sites for hydroxylation is 1. The average Bonchev–Trinajstić information content (AvgIpc) is 2.90. The highest BCUT2D eigenvalue weighted by Crippen LogP contribution is 2.21. The van der Waals surface area contributed by atoms with Crippen LogP contribution in [-0.4, -0.2) is 18.6 Å². The van der Waals surface area contributed by atoms with Gasteiger partial charge in [-0.2, -0.15) is 0 Å². The molecule has 0 aliphatic heterocycles. The average molecular weight is 259 g/mol. The van der Waals surface area contributed by atoms with Gasteiger partial charge < -0.3 is 14.6 Å². The van der Waals surface area contributed by atoms with Gasteiger partial charge in [0.15, 0.2) is 0 Å². The molecule has 2 aromatic rings. The third-order valence-corrected chi connectivity index (χ3v) is 3.08. The van der Waals surface area contributed by atoms with Gasteiger partial charge in [0.1, 0.15) is 0 Å². The fraction of sp³-hybridized carbons (Fsp3) is 0.400. The van der Waals surface area contributed by atoms with Crippen molar-refractivity contribution >= 4 is 5.69 Å². The van der Waals surface area contributed by atoms with Crippen molar-refractivity contribution in [3.8, 4) is 0 Å². The zero-order chi connectivity index (χ0) is 13.7. The Kier molecular flexibility index (Phi) is 4.58. The minimum atomic E-state index is 0.832. The number of nitrogens with zero attached hydrogens (tertiary/aromatic N) is 2. The molecule has 2 aromatic heterocycles. The maximum absolute atomic E-state index is 5.12. The number of hydrogen-bond donors (Lipinski definition) is 1. The third-order valence-electron chi connectivity index (χ3n) is 3.08. The van der Waals surface area contributed by atoms with Crippen LogP contribution in [0.4, 0.5) is 5.69 Å². The Morgan fingerprint density at radius 2 is 2.26 bits per heavy atom. The summed E-state index contributed by atoms with van der Waals surface area (Å²) in [6.45, 7) is 6.76. The lowest BCUT2D eigenvalue weighted by Crippen LogP contribution is -2.21. The van der Waals surface area contributed by atoms with Crippen LogP contribution >= 0.6 is 0 Å². The summed E-state index contributed by atoms with van der Waals surface area (Å²) in [5, 5.41) is 3.35. The first-order valence-electron chi connectivity index (χ1n) is 6.59. The predicted molar refractivity (Wildman–Crippen MR) is 77.2 cm³/mol. The van der Waals surface area contributed by atoms with Crippen LogP contribution < -0.4 is 10.2 Å². The van der Waals surface area contributed by atoms with Gasteiger partial charge in [0.05, 0.1) is 12.5 Å². The SMILES string of the molecule is CCNCc1cnc(C)cc1N(C)Cc1ccoc1. The Hall–Kier alpha value is -1.81. The van der Waals surface area contributed by atoms with Crippen molar-refractivity contribution in [3.05, 3.63) is 47.7 Å². The van der Waals surface area contributed by atoms with Gasteiger partial charge in [-0.05, 0) is 25.6 Å². The first kappa shape index (κ1) is 13.6. The Labute approximate surface area is 114 Å². The summed E-state index contributed by atoms with van der Waals surface area (Å²) in [5.41, 5.74) is 4.65. The number of rotatable bonds is 6. The lowest BCUT2D eigenvalue weighted by Gasteiger charge is -2.22. The van der Waals surface area contributed by atoms with E-state index in [0.29, 0.717) is 0 Å². The van der Waals surface area contributed by atoms with Gasteiger partial charge >= 0.3 is 0 Å². The highest BCUT2D eigenvalue weighted by molar-refractivity contribution is 5.53. The van der Waals surface area contributed by atoms with Gasteiger partial charge in [-0.25, -0.2) is 0 Å². The highest BCUT2D eigenvalue weighted by Gasteiger charge is 2.09. The molecule has 0 aromatic carbocycles. The van der Waals surface area contributed by atoms with Gasteiger partial charge in [-0.15, -0.1) is 0 Å². The van der Waals surface area contributed by atoms with Crippen molar-refractivity contribution in [2.45, 2.75) is 26.9 Å². The summed E-state index contributed by atoms with van der Waals surface area (Å²) in [6.07, 6.45) is 5.45. The zero-order valence-corrected chi connectivity index (χ0v) is 11.8. The lowest BCUT2D eigenvalue weighted by molar-refractivity contribution is 0.563. The molecule has 0 spiro atoms. The molecule has 0 saturated carbocycles. The molecule has 0 fully saturated rings. The fourth-order valence-corrected chi connectivity index (χ4v) is 2.07. The summed E-state index contributed by atoms with van der Waals surface area (Å²) in [5.74, 6) is 0. The number of nitrogens with one attached hydrogen (secondary N) is 1. The van der Waals surface area contributed by atoms with Crippen LogP contribution in [0.25, 0.3) is 0 Å². The topological polar surface area (TPSA) is 41.3 Å². The van der Waals surface area contributed by atoms with Crippen molar-refractivity contribution in [1.29, 1.82) is 0 Å². The summed E-state index contributed by atoms with van der Waals surface area (Å²) >= 11 is 0. The van der Waals surface area contributed by atoms with Crippen LogP contribution in [-0.2, 0) is 13.1 Å². The van der Waals surface area contributed by atoms with Crippen LogP contribution in [0.3, 0.4) is 0 Å². The molecule has 0 aliphatic rings. The van der Waals surface area contributed by atoms with Crippen molar-refractivity contribution in [3.63, 3.8) is 0 Å². The summed E-state index contributed by atoms with van der Waals surface area (Å²) < 4.78 is 5.12. The molecular weight excluding hydrogens is 238 g/mol. The van der Waals surface area contributed by atoms with Crippen molar-refractivity contribution < 1.29 is 4.42 Å². The van der Waals surface area contributed by atoms with Crippen LogP contribution in [0.2, 0.25) is 0 Å². The van der Waals surface area contributed by atoms with Crippen molar-refractivity contribution in [2.75, 3.05) is 18.5 Å². The molecule has 0 unspecified atom stereocenters. The lowest BCUT2D eigenvalue weighted by atomic mass is 10.1. The minimum absolute atomic E-state index is 0.832. The molecule has 4 nitrogen and oxygen atoms in total. The highest BCUT2D eigenvalue weighted by atomic mass is 16.3. The van der Waals surface area contributed by atoms with Crippen molar-refractivity contribution in [1.82, 2.24) is 10.3 Å². The van der Waals surface area contributed by atoms with Gasteiger partial charge in [0, 0.05) is 48.8 Å². The Morgan fingerprint density at radius 1 is 1.42 bits per heavy atom. The van der Waals surface area contributed by atoms with E-state index in [9.17, 15) is 0 Å². The van der Waals surface area contributed by atoms with E-state index in [1.165, 1.54) is 16.8 Å². The fourth-order valence-electron chi connectivity index (χ4n) is 2.07. The molecule has 4 heteroatoms. The molecular formula is C15H21N3O. The largest absolute Gasteiger partial charge is 0.472 e. The molecule has 102 valence electrons. The third kappa shape index (κ3) is 3.58. The Balaban J connectivity index is 2.18. The van der Waals surface area contributed by atoms with E-state index >= 15 is 0 Å². The first-order valence-corrected chi connectivity index (χ1v) is 6.59. The number of hydrogen-bond acceptors (Lipinski definition) is 4. The second-order valence-corrected chi connectivity index (χ2v) is 4.72. The molecule has 2 rings (SSSR count).